The standard InChI is InChI=1S/C15H25NO5/c1-21-13(17)10-9-12(15(19)20)16-14(18)11-7-5-3-2-4-6-8-11/h11-12H,2-10H2,1H3,(H,16,18)(H,19,20)/t12-/m0/s1. The molecule has 0 unspecified atom stereocenters. The first-order valence-electron chi connectivity index (χ1n) is 7.64. The van der Waals surface area contributed by atoms with E-state index < -0.39 is 18.0 Å². The van der Waals surface area contributed by atoms with E-state index >= 15 is 0 Å². The first kappa shape index (κ1) is 17.5. The molecular weight excluding hydrogens is 274 g/mol. The van der Waals surface area contributed by atoms with Gasteiger partial charge >= 0.3 is 11.9 Å². The van der Waals surface area contributed by atoms with Gasteiger partial charge < -0.3 is 15.2 Å². The van der Waals surface area contributed by atoms with Gasteiger partial charge in [-0.3, -0.25) is 9.59 Å². The molecule has 0 aromatic rings. The Bertz CT molecular complexity index is 361. The van der Waals surface area contributed by atoms with Crippen LogP contribution in [0.15, 0.2) is 0 Å². The van der Waals surface area contributed by atoms with E-state index in [-0.39, 0.29) is 24.7 Å². The average molecular weight is 299 g/mol. The largest absolute Gasteiger partial charge is 0.480 e. The molecule has 1 amide bonds. The highest BCUT2D eigenvalue weighted by Crippen LogP contribution is 2.22. The quantitative estimate of drug-likeness (QED) is 0.730. The number of rotatable bonds is 6. The van der Waals surface area contributed by atoms with Crippen molar-refractivity contribution in [2.45, 2.75) is 63.8 Å². The average Bonchev–Trinajstić information content (AvgIpc) is 2.41. The maximum Gasteiger partial charge on any atom is 0.326 e. The summed E-state index contributed by atoms with van der Waals surface area (Å²) in [6, 6.07) is -1.03. The van der Waals surface area contributed by atoms with Crippen molar-refractivity contribution in [3.63, 3.8) is 0 Å². The Kier molecular flexibility index (Phi) is 7.79. The van der Waals surface area contributed by atoms with Gasteiger partial charge in [0.25, 0.3) is 0 Å². The summed E-state index contributed by atoms with van der Waals surface area (Å²) in [6.07, 6.45) is 7.17. The van der Waals surface area contributed by atoms with Crippen LogP contribution in [-0.4, -0.2) is 36.1 Å². The number of amides is 1. The van der Waals surface area contributed by atoms with Crippen molar-refractivity contribution < 1.29 is 24.2 Å². The minimum Gasteiger partial charge on any atom is -0.480 e. The summed E-state index contributed by atoms with van der Waals surface area (Å²) in [6.45, 7) is 0. The summed E-state index contributed by atoms with van der Waals surface area (Å²) >= 11 is 0. The van der Waals surface area contributed by atoms with Gasteiger partial charge in [-0.15, -0.1) is 0 Å². The summed E-state index contributed by atoms with van der Waals surface area (Å²) < 4.78 is 4.49. The van der Waals surface area contributed by atoms with Crippen LogP contribution >= 0.6 is 0 Å². The number of carbonyl (C=O) groups excluding carboxylic acids is 2. The molecule has 1 atom stereocenters. The monoisotopic (exact) mass is 299 g/mol. The highest BCUT2D eigenvalue weighted by Gasteiger charge is 2.26. The number of ether oxygens (including phenoxy) is 1. The molecule has 120 valence electrons. The highest BCUT2D eigenvalue weighted by atomic mass is 16.5. The molecule has 0 aromatic carbocycles. The van der Waals surface area contributed by atoms with E-state index in [0.29, 0.717) is 0 Å². The lowest BCUT2D eigenvalue weighted by Crippen LogP contribution is -2.44. The summed E-state index contributed by atoms with van der Waals surface area (Å²) in [5, 5.41) is 11.7. The van der Waals surface area contributed by atoms with Gasteiger partial charge in [-0.1, -0.05) is 32.1 Å². The van der Waals surface area contributed by atoms with Crippen molar-refractivity contribution in [3.8, 4) is 0 Å². The first-order valence-corrected chi connectivity index (χ1v) is 7.64. The van der Waals surface area contributed by atoms with Crippen LogP contribution in [-0.2, 0) is 19.1 Å². The topological polar surface area (TPSA) is 92.7 Å². The van der Waals surface area contributed by atoms with Crippen molar-refractivity contribution in [1.29, 1.82) is 0 Å². The molecule has 1 aliphatic carbocycles. The Labute approximate surface area is 125 Å². The molecule has 1 saturated carbocycles. The molecule has 1 aliphatic rings. The maximum atomic E-state index is 12.2. The molecule has 2 N–H and O–H groups in total. The number of hydrogen-bond acceptors (Lipinski definition) is 4. The second kappa shape index (κ2) is 9.37. The number of aliphatic carboxylic acids is 1. The molecule has 0 bridgehead atoms. The van der Waals surface area contributed by atoms with Crippen molar-refractivity contribution in [2.24, 2.45) is 5.92 Å². The minimum atomic E-state index is -1.11. The Morgan fingerprint density at radius 2 is 1.71 bits per heavy atom. The van der Waals surface area contributed by atoms with Crippen molar-refractivity contribution in [2.75, 3.05) is 7.11 Å². The lowest BCUT2D eigenvalue weighted by molar-refractivity contribution is -0.144. The maximum absolute atomic E-state index is 12.2. The Hall–Kier alpha value is -1.59. The fourth-order valence-electron chi connectivity index (χ4n) is 2.63. The first-order chi connectivity index (χ1) is 10.0. The number of methoxy groups -OCH3 is 1. The van der Waals surface area contributed by atoms with E-state index in [1.54, 1.807) is 0 Å². The number of carboxylic acid groups (broad SMARTS) is 1. The molecule has 6 nitrogen and oxygen atoms in total. The fraction of sp³-hybridized carbons (Fsp3) is 0.800. The van der Waals surface area contributed by atoms with Crippen molar-refractivity contribution in [1.82, 2.24) is 5.32 Å². The Morgan fingerprint density at radius 1 is 1.14 bits per heavy atom. The van der Waals surface area contributed by atoms with E-state index in [2.05, 4.69) is 10.1 Å². The third-order valence-corrected chi connectivity index (χ3v) is 3.96. The Morgan fingerprint density at radius 3 is 2.24 bits per heavy atom. The Balaban J connectivity index is 2.50. The van der Waals surface area contributed by atoms with Gasteiger partial charge in [-0.05, 0) is 19.3 Å². The van der Waals surface area contributed by atoms with Gasteiger partial charge in [0.2, 0.25) is 5.91 Å². The van der Waals surface area contributed by atoms with Gasteiger partial charge in [0.1, 0.15) is 6.04 Å². The number of hydrogen-bond donors (Lipinski definition) is 2. The molecule has 0 spiro atoms. The van der Waals surface area contributed by atoms with Gasteiger partial charge in [-0.2, -0.15) is 0 Å². The van der Waals surface area contributed by atoms with Crippen LogP contribution in [0.3, 0.4) is 0 Å². The normalized spacial score (nSPS) is 18.1. The molecule has 0 heterocycles. The summed E-state index contributed by atoms with van der Waals surface area (Å²) in [5.74, 6) is -1.89. The lowest BCUT2D eigenvalue weighted by Gasteiger charge is -2.21. The summed E-state index contributed by atoms with van der Waals surface area (Å²) in [7, 11) is 1.26. The van der Waals surface area contributed by atoms with Gasteiger partial charge in [-0.25, -0.2) is 4.79 Å². The lowest BCUT2D eigenvalue weighted by atomic mass is 9.90. The zero-order valence-electron chi connectivity index (χ0n) is 12.6. The van der Waals surface area contributed by atoms with Crippen LogP contribution in [0.4, 0.5) is 0 Å². The van der Waals surface area contributed by atoms with Gasteiger partial charge in [0.15, 0.2) is 0 Å². The number of esters is 1. The van der Waals surface area contributed by atoms with Crippen LogP contribution in [0.2, 0.25) is 0 Å². The highest BCUT2D eigenvalue weighted by molar-refractivity contribution is 5.85. The third kappa shape index (κ3) is 6.60. The molecule has 0 aromatic heterocycles. The smallest absolute Gasteiger partial charge is 0.326 e. The van der Waals surface area contributed by atoms with Gasteiger partial charge in [0, 0.05) is 12.3 Å². The van der Waals surface area contributed by atoms with Gasteiger partial charge in [0.05, 0.1) is 7.11 Å². The van der Waals surface area contributed by atoms with Crippen LogP contribution < -0.4 is 5.32 Å². The molecule has 21 heavy (non-hydrogen) atoms. The van der Waals surface area contributed by atoms with E-state index in [0.717, 1.165) is 38.5 Å². The second-order valence-corrected chi connectivity index (χ2v) is 5.56. The molecule has 6 heteroatoms. The number of carboxylic acids is 1. The van der Waals surface area contributed by atoms with Crippen molar-refractivity contribution in [3.05, 3.63) is 0 Å². The SMILES string of the molecule is COC(=O)CC[C@H](NC(=O)C1CCCCCCC1)C(=O)O. The zero-order chi connectivity index (χ0) is 15.7. The van der Waals surface area contributed by atoms with Crippen molar-refractivity contribution >= 4 is 17.8 Å². The van der Waals surface area contributed by atoms with E-state index in [1.165, 1.54) is 13.5 Å². The zero-order valence-corrected chi connectivity index (χ0v) is 12.6. The molecule has 0 aliphatic heterocycles. The van der Waals surface area contributed by atoms with Crippen LogP contribution in [0.1, 0.15) is 57.8 Å². The predicted molar refractivity (Wildman–Crippen MR) is 76.6 cm³/mol. The predicted octanol–water partition coefficient (Wildman–Crippen LogP) is 1.87. The molecule has 0 radical (unpaired) electrons. The molecule has 0 saturated heterocycles. The summed E-state index contributed by atoms with van der Waals surface area (Å²) in [4.78, 5) is 34.5. The van der Waals surface area contributed by atoms with E-state index in [4.69, 9.17) is 5.11 Å². The van der Waals surface area contributed by atoms with Crippen LogP contribution in [0.5, 0.6) is 0 Å². The fourth-order valence-corrected chi connectivity index (χ4v) is 2.63. The van der Waals surface area contributed by atoms with Crippen LogP contribution in [0, 0.1) is 5.92 Å². The minimum absolute atomic E-state index is 0.0155. The van der Waals surface area contributed by atoms with E-state index in [1.807, 2.05) is 0 Å². The second-order valence-electron chi connectivity index (χ2n) is 5.56. The summed E-state index contributed by atoms with van der Waals surface area (Å²) in [5.41, 5.74) is 0. The molecular formula is C15H25NO5. The number of carbonyl (C=O) groups is 3. The number of nitrogens with one attached hydrogen (secondary N) is 1. The molecule has 1 fully saturated rings. The third-order valence-electron chi connectivity index (χ3n) is 3.96. The molecule has 1 rings (SSSR count). The van der Waals surface area contributed by atoms with Crippen LogP contribution in [0.25, 0.3) is 0 Å². The van der Waals surface area contributed by atoms with E-state index in [9.17, 15) is 14.4 Å².